The second kappa shape index (κ2) is 6.58. The van der Waals surface area contributed by atoms with E-state index < -0.39 is 5.97 Å². The number of allylic oxidation sites excluding steroid dienone is 2. The van der Waals surface area contributed by atoms with Crippen molar-refractivity contribution in [3.8, 4) is 11.5 Å². The summed E-state index contributed by atoms with van der Waals surface area (Å²) in [6, 6.07) is 13.1. The number of rotatable bonds is 4. The van der Waals surface area contributed by atoms with Crippen molar-refractivity contribution in [1.82, 2.24) is 0 Å². The number of hydrogen-bond acceptors (Lipinski definition) is 5. The number of amides is 2. The summed E-state index contributed by atoms with van der Waals surface area (Å²) in [6.07, 6.45) is 5.04. The first-order chi connectivity index (χ1) is 14.1. The van der Waals surface area contributed by atoms with Gasteiger partial charge in [0.15, 0.2) is 0 Å². The average Bonchev–Trinajstić information content (AvgIpc) is 3.42. The Labute approximate surface area is 167 Å². The van der Waals surface area contributed by atoms with E-state index in [0.29, 0.717) is 22.7 Å². The molecule has 2 fully saturated rings. The maximum absolute atomic E-state index is 12.9. The molecule has 2 amide bonds. The number of carbonyl (C=O) groups is 3. The zero-order chi connectivity index (χ0) is 20.1. The number of carbonyl (C=O) groups excluding carboxylic acids is 3. The molecule has 4 atom stereocenters. The van der Waals surface area contributed by atoms with Gasteiger partial charge in [-0.05, 0) is 66.8 Å². The van der Waals surface area contributed by atoms with Crippen LogP contribution in [0.4, 0.5) is 5.69 Å². The molecule has 0 unspecified atom stereocenters. The standard InChI is InChI=1S/C23H19NO5/c1-28-17-8-10-18(11-9-17)29-23(27)13-4-6-16(7-5-13)24-21(25)19-14-2-3-15(12-14)20(19)22(24)26/h2-11,14-15,19-20H,12H2,1H3/t14-,15-,19-,20+/m0/s1. The molecular formula is C23H19NO5. The highest BCUT2D eigenvalue weighted by Crippen LogP contribution is 2.53. The minimum Gasteiger partial charge on any atom is -0.497 e. The quantitative estimate of drug-likeness (QED) is 0.347. The zero-order valence-electron chi connectivity index (χ0n) is 15.8. The minimum atomic E-state index is -0.514. The maximum atomic E-state index is 12.9. The van der Waals surface area contributed by atoms with E-state index in [2.05, 4.69) is 12.2 Å². The van der Waals surface area contributed by atoms with Crippen LogP contribution in [0, 0.1) is 23.7 Å². The van der Waals surface area contributed by atoms with Crippen molar-refractivity contribution in [1.29, 1.82) is 0 Å². The fraction of sp³-hybridized carbons (Fsp3) is 0.261. The number of fused-ring (bicyclic) bond motifs is 5. The molecule has 0 aromatic heterocycles. The molecule has 2 aromatic rings. The first-order valence-electron chi connectivity index (χ1n) is 9.59. The molecule has 0 radical (unpaired) electrons. The molecular weight excluding hydrogens is 370 g/mol. The Balaban J connectivity index is 1.32. The number of ether oxygens (including phenoxy) is 2. The number of anilines is 1. The number of esters is 1. The molecule has 146 valence electrons. The highest BCUT2D eigenvalue weighted by atomic mass is 16.5. The summed E-state index contributed by atoms with van der Waals surface area (Å²) in [5, 5.41) is 0. The summed E-state index contributed by atoms with van der Waals surface area (Å²) in [4.78, 5) is 39.4. The van der Waals surface area contributed by atoms with Gasteiger partial charge in [-0.1, -0.05) is 12.2 Å². The number of benzene rings is 2. The SMILES string of the molecule is COc1ccc(OC(=O)c2ccc(N3C(=O)[C@@H]4[C@H](C3=O)[C@H]3C=C[C@H]4C3)cc2)cc1. The van der Waals surface area contributed by atoms with Crippen molar-refractivity contribution in [3.05, 3.63) is 66.2 Å². The van der Waals surface area contributed by atoms with Crippen LogP contribution in [0.5, 0.6) is 11.5 Å². The third-order valence-electron chi connectivity index (χ3n) is 6.10. The molecule has 0 N–H and O–H groups in total. The lowest BCUT2D eigenvalue weighted by molar-refractivity contribution is -0.123. The van der Waals surface area contributed by atoms with Gasteiger partial charge >= 0.3 is 5.97 Å². The first kappa shape index (κ1) is 17.7. The van der Waals surface area contributed by atoms with Crippen LogP contribution in [0.2, 0.25) is 0 Å². The van der Waals surface area contributed by atoms with Crippen LogP contribution >= 0.6 is 0 Å². The van der Waals surface area contributed by atoms with Gasteiger partial charge in [-0.15, -0.1) is 0 Å². The van der Waals surface area contributed by atoms with Gasteiger partial charge < -0.3 is 9.47 Å². The minimum absolute atomic E-state index is 0.134. The van der Waals surface area contributed by atoms with Gasteiger partial charge in [-0.3, -0.25) is 14.5 Å². The van der Waals surface area contributed by atoms with Gasteiger partial charge in [0.25, 0.3) is 0 Å². The monoisotopic (exact) mass is 389 g/mol. The van der Waals surface area contributed by atoms with E-state index in [1.165, 1.54) is 4.90 Å². The lowest BCUT2D eigenvalue weighted by Crippen LogP contribution is -2.32. The molecule has 6 heteroatoms. The fourth-order valence-electron chi connectivity index (χ4n) is 4.71. The van der Waals surface area contributed by atoms with Crippen molar-refractivity contribution in [3.63, 3.8) is 0 Å². The normalized spacial score (nSPS) is 26.7. The van der Waals surface area contributed by atoms with Crippen LogP contribution in [-0.4, -0.2) is 24.9 Å². The van der Waals surface area contributed by atoms with Crippen molar-refractivity contribution in [2.45, 2.75) is 6.42 Å². The highest BCUT2D eigenvalue weighted by molar-refractivity contribution is 6.22. The number of nitrogens with zero attached hydrogens (tertiary/aromatic N) is 1. The van der Waals surface area contributed by atoms with Crippen molar-refractivity contribution >= 4 is 23.5 Å². The van der Waals surface area contributed by atoms with E-state index in [-0.39, 0.29) is 35.5 Å². The molecule has 1 aliphatic heterocycles. The molecule has 2 bridgehead atoms. The third kappa shape index (κ3) is 2.75. The molecule has 1 saturated carbocycles. The Bertz CT molecular complexity index is 994. The van der Waals surface area contributed by atoms with Crippen LogP contribution in [0.3, 0.4) is 0 Å². The summed E-state index contributed by atoms with van der Waals surface area (Å²) in [7, 11) is 1.56. The Kier molecular flexibility index (Phi) is 4.01. The second-order valence-corrected chi connectivity index (χ2v) is 7.62. The van der Waals surface area contributed by atoms with Crippen LogP contribution in [0.15, 0.2) is 60.7 Å². The molecule has 5 rings (SSSR count). The van der Waals surface area contributed by atoms with E-state index in [0.717, 1.165) is 6.42 Å². The lowest BCUT2D eigenvalue weighted by atomic mass is 9.85. The Hall–Kier alpha value is -3.41. The Morgan fingerprint density at radius 1 is 0.862 bits per heavy atom. The largest absolute Gasteiger partial charge is 0.497 e. The Morgan fingerprint density at radius 3 is 1.97 bits per heavy atom. The van der Waals surface area contributed by atoms with Gasteiger partial charge in [-0.2, -0.15) is 0 Å². The maximum Gasteiger partial charge on any atom is 0.343 e. The number of methoxy groups -OCH3 is 1. The third-order valence-corrected chi connectivity index (χ3v) is 6.10. The first-order valence-corrected chi connectivity index (χ1v) is 9.59. The van der Waals surface area contributed by atoms with Crippen molar-refractivity contribution in [2.75, 3.05) is 12.0 Å². The summed E-state index contributed by atoms with van der Waals surface area (Å²) in [5.74, 6) is 0.156. The van der Waals surface area contributed by atoms with E-state index in [9.17, 15) is 14.4 Å². The lowest BCUT2D eigenvalue weighted by Gasteiger charge is -2.17. The molecule has 2 aromatic carbocycles. The van der Waals surface area contributed by atoms with Crippen LogP contribution in [-0.2, 0) is 9.59 Å². The van der Waals surface area contributed by atoms with Crippen LogP contribution in [0.1, 0.15) is 16.8 Å². The molecule has 1 heterocycles. The Morgan fingerprint density at radius 2 is 1.41 bits per heavy atom. The second-order valence-electron chi connectivity index (χ2n) is 7.62. The van der Waals surface area contributed by atoms with E-state index in [4.69, 9.17) is 9.47 Å². The van der Waals surface area contributed by atoms with Crippen molar-refractivity contribution in [2.24, 2.45) is 23.7 Å². The average molecular weight is 389 g/mol. The fourth-order valence-corrected chi connectivity index (χ4v) is 4.71. The highest BCUT2D eigenvalue weighted by Gasteiger charge is 2.59. The van der Waals surface area contributed by atoms with Crippen LogP contribution < -0.4 is 14.4 Å². The van der Waals surface area contributed by atoms with Gasteiger partial charge in [0, 0.05) is 0 Å². The molecule has 0 spiro atoms. The van der Waals surface area contributed by atoms with Gasteiger partial charge in [-0.25, -0.2) is 4.79 Å². The molecule has 29 heavy (non-hydrogen) atoms. The summed E-state index contributed by atoms with van der Waals surface area (Å²) < 4.78 is 10.4. The molecule has 1 saturated heterocycles. The van der Waals surface area contributed by atoms with Gasteiger partial charge in [0.05, 0.1) is 30.2 Å². The van der Waals surface area contributed by atoms with Crippen LogP contribution in [0.25, 0.3) is 0 Å². The summed E-state index contributed by atoms with van der Waals surface area (Å²) in [5.41, 5.74) is 0.834. The predicted octanol–water partition coefficient (Wildman–Crippen LogP) is 3.23. The van der Waals surface area contributed by atoms with Crippen molar-refractivity contribution < 1.29 is 23.9 Å². The van der Waals surface area contributed by atoms with Gasteiger partial charge in [0.1, 0.15) is 11.5 Å². The molecule has 6 nitrogen and oxygen atoms in total. The van der Waals surface area contributed by atoms with E-state index >= 15 is 0 Å². The van der Waals surface area contributed by atoms with E-state index in [1.807, 2.05) is 0 Å². The topological polar surface area (TPSA) is 72.9 Å². The number of imide groups is 1. The zero-order valence-corrected chi connectivity index (χ0v) is 15.8. The number of hydrogen-bond donors (Lipinski definition) is 0. The molecule has 3 aliphatic rings. The molecule has 2 aliphatic carbocycles. The van der Waals surface area contributed by atoms with E-state index in [1.54, 1.807) is 55.6 Å². The summed E-state index contributed by atoms with van der Waals surface area (Å²) in [6.45, 7) is 0. The smallest absolute Gasteiger partial charge is 0.343 e. The summed E-state index contributed by atoms with van der Waals surface area (Å²) >= 11 is 0. The predicted molar refractivity (Wildman–Crippen MR) is 105 cm³/mol. The van der Waals surface area contributed by atoms with Gasteiger partial charge in [0.2, 0.25) is 11.8 Å².